The fraction of sp³-hybridized carbons (Fsp3) is 0.316. The molecule has 2 N–H and O–H groups in total. The quantitative estimate of drug-likeness (QED) is 0.659. The number of halogens is 6. The summed E-state index contributed by atoms with van der Waals surface area (Å²) in [5, 5.41) is 4.24. The second-order valence-electron chi connectivity index (χ2n) is 6.97. The van der Waals surface area contributed by atoms with Crippen LogP contribution in [0.5, 0.6) is 0 Å². The van der Waals surface area contributed by atoms with Gasteiger partial charge in [-0.05, 0) is 30.3 Å². The highest BCUT2D eigenvalue weighted by molar-refractivity contribution is 6.03. The molecule has 3 rings (SSSR count). The molecule has 7 nitrogen and oxygen atoms in total. The van der Waals surface area contributed by atoms with E-state index in [9.17, 15) is 40.7 Å². The van der Waals surface area contributed by atoms with Crippen LogP contribution < -0.4 is 10.6 Å². The topological polar surface area (TPSA) is 91.7 Å². The van der Waals surface area contributed by atoms with Crippen molar-refractivity contribution in [3.05, 3.63) is 47.9 Å². The predicted octanol–water partition coefficient (Wildman–Crippen LogP) is 3.90. The number of benzene rings is 1. The third kappa shape index (κ3) is 5.59. The number of rotatable bonds is 5. The lowest BCUT2D eigenvalue weighted by Gasteiger charge is -2.19. The highest BCUT2D eigenvalue weighted by Gasteiger charge is 2.41. The predicted molar refractivity (Wildman–Crippen MR) is 97.5 cm³/mol. The van der Waals surface area contributed by atoms with Gasteiger partial charge in [0.05, 0.1) is 23.4 Å². The van der Waals surface area contributed by atoms with Gasteiger partial charge in [-0.1, -0.05) is 0 Å². The van der Waals surface area contributed by atoms with Crippen LogP contribution in [0.2, 0.25) is 0 Å². The van der Waals surface area contributed by atoms with Crippen molar-refractivity contribution in [1.29, 1.82) is 0 Å². The van der Waals surface area contributed by atoms with Crippen molar-refractivity contribution >= 4 is 29.1 Å². The molecule has 3 amide bonds. The zero-order valence-electron chi connectivity index (χ0n) is 16.0. The van der Waals surface area contributed by atoms with Gasteiger partial charge in [-0.3, -0.25) is 14.4 Å². The van der Waals surface area contributed by atoms with Crippen molar-refractivity contribution in [2.45, 2.75) is 18.8 Å². The number of amides is 3. The first-order chi connectivity index (χ1) is 14.8. The van der Waals surface area contributed by atoms with Gasteiger partial charge in [-0.25, -0.2) is 0 Å². The smallest absolute Gasteiger partial charge is 0.418 e. The molecule has 1 aromatic carbocycles. The molecule has 1 unspecified atom stereocenters. The van der Waals surface area contributed by atoms with Gasteiger partial charge in [-0.15, -0.1) is 0 Å². The number of nitrogens with one attached hydrogen (secondary N) is 2. The van der Waals surface area contributed by atoms with Crippen LogP contribution in [0.25, 0.3) is 0 Å². The SMILES string of the molecule is O=C(Nc1ccc(NC(=O)C2CC(=O)N(CC(F)(F)F)C2)c(C(F)(F)F)c1)c1ccco1. The molecule has 1 fully saturated rings. The Labute approximate surface area is 176 Å². The average Bonchev–Trinajstić information content (AvgIpc) is 3.31. The van der Waals surface area contributed by atoms with Gasteiger partial charge in [0.1, 0.15) is 6.54 Å². The third-order valence-corrected chi connectivity index (χ3v) is 4.54. The summed E-state index contributed by atoms with van der Waals surface area (Å²) < 4.78 is 82.9. The Kier molecular flexibility index (Phi) is 6.19. The maximum absolute atomic E-state index is 13.5. The molecule has 13 heteroatoms. The molecule has 1 aromatic heterocycles. The van der Waals surface area contributed by atoms with E-state index >= 15 is 0 Å². The van der Waals surface area contributed by atoms with E-state index < -0.39 is 66.8 Å². The summed E-state index contributed by atoms with van der Waals surface area (Å²) in [7, 11) is 0. The lowest BCUT2D eigenvalue weighted by molar-refractivity contribution is -0.157. The number of carbonyl (C=O) groups is 3. The van der Waals surface area contributed by atoms with Crippen LogP contribution in [0.3, 0.4) is 0 Å². The molecule has 2 aromatic rings. The minimum Gasteiger partial charge on any atom is -0.459 e. The van der Waals surface area contributed by atoms with Gasteiger partial charge in [0.2, 0.25) is 11.8 Å². The summed E-state index contributed by atoms with van der Waals surface area (Å²) >= 11 is 0. The van der Waals surface area contributed by atoms with Gasteiger partial charge in [-0.2, -0.15) is 26.3 Å². The first-order valence-corrected chi connectivity index (χ1v) is 9.05. The minimum atomic E-state index is -4.93. The molecular weight excluding hydrogens is 448 g/mol. The van der Waals surface area contributed by atoms with Gasteiger partial charge in [0.25, 0.3) is 5.91 Å². The molecule has 1 aliphatic rings. The molecule has 1 saturated heterocycles. The van der Waals surface area contributed by atoms with Crippen LogP contribution in [-0.4, -0.2) is 41.9 Å². The molecule has 1 aliphatic heterocycles. The van der Waals surface area contributed by atoms with Crippen molar-refractivity contribution in [3.8, 4) is 0 Å². The Morgan fingerprint density at radius 2 is 1.81 bits per heavy atom. The van der Waals surface area contributed by atoms with E-state index in [2.05, 4.69) is 5.32 Å². The Hall–Kier alpha value is -3.51. The molecule has 0 radical (unpaired) electrons. The maximum Gasteiger partial charge on any atom is 0.418 e. The van der Waals surface area contributed by atoms with Gasteiger partial charge < -0.3 is 20.0 Å². The first kappa shape index (κ1) is 23.2. The monoisotopic (exact) mass is 463 g/mol. The number of furan rings is 1. The van der Waals surface area contributed by atoms with Crippen LogP contribution in [0.1, 0.15) is 22.5 Å². The summed E-state index contributed by atoms with van der Waals surface area (Å²) in [5.41, 5.74) is -2.19. The molecule has 0 saturated carbocycles. The van der Waals surface area contributed by atoms with Gasteiger partial charge in [0.15, 0.2) is 5.76 Å². The summed E-state index contributed by atoms with van der Waals surface area (Å²) in [6.45, 7) is -2.11. The first-order valence-electron chi connectivity index (χ1n) is 9.05. The Morgan fingerprint density at radius 1 is 1.09 bits per heavy atom. The molecule has 1 atom stereocenters. The number of carbonyl (C=O) groups excluding carboxylic acids is 3. The van der Waals surface area contributed by atoms with Crippen molar-refractivity contribution in [2.24, 2.45) is 5.92 Å². The van der Waals surface area contributed by atoms with Crippen molar-refractivity contribution in [2.75, 3.05) is 23.7 Å². The molecule has 0 spiro atoms. The van der Waals surface area contributed by atoms with E-state index in [0.29, 0.717) is 11.0 Å². The normalized spacial score (nSPS) is 16.9. The number of nitrogens with zero attached hydrogens (tertiary/aromatic N) is 1. The maximum atomic E-state index is 13.5. The lowest BCUT2D eigenvalue weighted by Crippen LogP contribution is -2.36. The molecule has 32 heavy (non-hydrogen) atoms. The number of hydrogen-bond acceptors (Lipinski definition) is 4. The minimum absolute atomic E-state index is 0.134. The van der Waals surface area contributed by atoms with Crippen LogP contribution >= 0.6 is 0 Å². The van der Waals surface area contributed by atoms with E-state index in [1.165, 1.54) is 18.4 Å². The number of likely N-dealkylation sites (tertiary alicyclic amines) is 1. The second-order valence-corrected chi connectivity index (χ2v) is 6.97. The van der Waals surface area contributed by atoms with Gasteiger partial charge in [0, 0.05) is 18.7 Å². The fourth-order valence-electron chi connectivity index (χ4n) is 3.12. The number of anilines is 2. The van der Waals surface area contributed by atoms with E-state index in [1.54, 1.807) is 0 Å². The fourth-order valence-corrected chi connectivity index (χ4v) is 3.12. The second kappa shape index (κ2) is 8.55. The van der Waals surface area contributed by atoms with Crippen molar-refractivity contribution < 1.29 is 45.1 Å². The molecule has 0 bridgehead atoms. The number of hydrogen-bond donors (Lipinski definition) is 2. The zero-order valence-corrected chi connectivity index (χ0v) is 16.0. The zero-order chi connectivity index (χ0) is 23.7. The van der Waals surface area contributed by atoms with Gasteiger partial charge >= 0.3 is 12.4 Å². The van der Waals surface area contributed by atoms with Crippen LogP contribution in [0.4, 0.5) is 37.7 Å². The molecule has 2 heterocycles. The van der Waals surface area contributed by atoms with E-state index in [0.717, 1.165) is 12.1 Å². The number of alkyl halides is 6. The van der Waals surface area contributed by atoms with E-state index in [-0.39, 0.29) is 11.4 Å². The van der Waals surface area contributed by atoms with E-state index in [4.69, 9.17) is 4.42 Å². The van der Waals surface area contributed by atoms with Crippen LogP contribution in [0.15, 0.2) is 41.0 Å². The average molecular weight is 463 g/mol. The summed E-state index contributed by atoms with van der Waals surface area (Å²) in [4.78, 5) is 36.4. The standard InChI is InChI=1S/C19H15F6N3O4/c20-18(21,22)9-28-8-10(6-15(28)29)16(30)27-13-4-3-11(7-12(13)19(23,24)25)26-17(31)14-2-1-5-32-14/h1-5,7,10H,6,8-9H2,(H,26,31)(H,27,30). The molecular formula is C19H15F6N3O4. The largest absolute Gasteiger partial charge is 0.459 e. The van der Waals surface area contributed by atoms with Crippen LogP contribution in [-0.2, 0) is 15.8 Å². The summed E-state index contributed by atoms with van der Waals surface area (Å²) in [6, 6.07) is 5.30. The lowest BCUT2D eigenvalue weighted by atomic mass is 10.1. The van der Waals surface area contributed by atoms with E-state index in [1.807, 2.05) is 5.32 Å². The third-order valence-electron chi connectivity index (χ3n) is 4.54. The summed E-state index contributed by atoms with van der Waals surface area (Å²) in [5.74, 6) is -4.13. The van der Waals surface area contributed by atoms with Crippen molar-refractivity contribution in [1.82, 2.24) is 4.90 Å². The highest BCUT2D eigenvalue weighted by atomic mass is 19.4. The molecule has 0 aliphatic carbocycles. The summed E-state index contributed by atoms with van der Waals surface area (Å²) in [6.07, 6.45) is -8.94. The molecule has 172 valence electrons. The Bertz CT molecular complexity index is 1020. The highest BCUT2D eigenvalue weighted by Crippen LogP contribution is 2.37. The van der Waals surface area contributed by atoms with Crippen LogP contribution in [0, 0.1) is 5.92 Å². The Balaban J connectivity index is 1.75. The Morgan fingerprint density at radius 3 is 2.41 bits per heavy atom. The van der Waals surface area contributed by atoms with Crippen molar-refractivity contribution in [3.63, 3.8) is 0 Å².